The number of rotatable bonds is 3. The van der Waals surface area contributed by atoms with Crippen molar-refractivity contribution in [3.8, 4) is 6.07 Å². The Hall–Kier alpha value is -0.640. The summed E-state index contributed by atoms with van der Waals surface area (Å²) in [5.41, 5.74) is 0. The maximum absolute atomic E-state index is 11.1. The predicted octanol–water partition coefficient (Wildman–Crippen LogP) is -0.393. The molecule has 2 atom stereocenters. The molecular formula is C7H12N2O3S. The highest BCUT2D eigenvalue weighted by Gasteiger charge is 2.27. The number of ether oxygens (including phenoxy) is 1. The van der Waals surface area contributed by atoms with Crippen LogP contribution in [0.1, 0.15) is 13.3 Å². The molecule has 0 aromatic heterocycles. The van der Waals surface area contributed by atoms with Gasteiger partial charge in [0.15, 0.2) is 5.75 Å². The van der Waals surface area contributed by atoms with Crippen LogP contribution in [0.15, 0.2) is 0 Å². The maximum Gasteiger partial charge on any atom is 0.225 e. The van der Waals surface area contributed by atoms with E-state index in [9.17, 15) is 8.42 Å². The van der Waals surface area contributed by atoms with Gasteiger partial charge in [0, 0.05) is 12.6 Å². The van der Waals surface area contributed by atoms with Gasteiger partial charge in [0.05, 0.1) is 12.2 Å². The van der Waals surface area contributed by atoms with Gasteiger partial charge in [-0.05, 0) is 13.3 Å². The molecule has 1 fully saturated rings. The molecular weight excluding hydrogens is 192 g/mol. The Kier molecular flexibility index (Phi) is 3.25. The third kappa shape index (κ3) is 2.95. The molecule has 1 aliphatic rings. The third-order valence-corrected chi connectivity index (χ3v) is 3.13. The van der Waals surface area contributed by atoms with Gasteiger partial charge in [0.2, 0.25) is 10.0 Å². The molecule has 1 heterocycles. The molecule has 1 N–H and O–H groups in total. The summed E-state index contributed by atoms with van der Waals surface area (Å²) in [5, 5.41) is 8.24. The zero-order valence-electron chi connectivity index (χ0n) is 7.36. The van der Waals surface area contributed by atoms with Gasteiger partial charge in [0.1, 0.15) is 0 Å². The molecule has 0 amide bonds. The molecule has 0 aliphatic carbocycles. The van der Waals surface area contributed by atoms with Crippen molar-refractivity contribution in [1.29, 1.82) is 5.26 Å². The fraction of sp³-hybridized carbons (Fsp3) is 0.857. The molecule has 13 heavy (non-hydrogen) atoms. The first-order chi connectivity index (χ1) is 6.05. The van der Waals surface area contributed by atoms with Crippen LogP contribution < -0.4 is 4.72 Å². The zero-order valence-corrected chi connectivity index (χ0v) is 8.17. The summed E-state index contributed by atoms with van der Waals surface area (Å²) in [6.07, 6.45) is 0.569. The number of sulfonamides is 1. The highest BCUT2D eigenvalue weighted by atomic mass is 32.2. The lowest BCUT2D eigenvalue weighted by atomic mass is 10.2. The van der Waals surface area contributed by atoms with Crippen LogP contribution in [0.2, 0.25) is 0 Å². The molecule has 0 aromatic rings. The van der Waals surface area contributed by atoms with Crippen LogP contribution in [0, 0.1) is 11.3 Å². The Balaban J connectivity index is 2.54. The molecule has 2 unspecified atom stereocenters. The fourth-order valence-corrected chi connectivity index (χ4v) is 2.27. The average molecular weight is 204 g/mol. The van der Waals surface area contributed by atoms with Gasteiger partial charge in [-0.1, -0.05) is 0 Å². The van der Waals surface area contributed by atoms with Gasteiger partial charge in [-0.25, -0.2) is 13.1 Å². The van der Waals surface area contributed by atoms with E-state index in [1.54, 1.807) is 6.07 Å². The van der Waals surface area contributed by atoms with Crippen LogP contribution in [0.3, 0.4) is 0 Å². The van der Waals surface area contributed by atoms with Crippen LogP contribution in [-0.2, 0) is 14.8 Å². The van der Waals surface area contributed by atoms with E-state index in [-0.39, 0.29) is 12.1 Å². The van der Waals surface area contributed by atoms with Crippen molar-refractivity contribution in [3.63, 3.8) is 0 Å². The minimum absolute atomic E-state index is 0.103. The molecule has 5 nitrogen and oxygen atoms in total. The van der Waals surface area contributed by atoms with E-state index in [4.69, 9.17) is 10.00 Å². The molecule has 1 rings (SSSR count). The quantitative estimate of drug-likeness (QED) is 0.678. The molecule has 0 radical (unpaired) electrons. The smallest absolute Gasteiger partial charge is 0.225 e. The Labute approximate surface area is 77.7 Å². The van der Waals surface area contributed by atoms with Gasteiger partial charge >= 0.3 is 0 Å². The first-order valence-corrected chi connectivity index (χ1v) is 5.69. The second kappa shape index (κ2) is 4.05. The lowest BCUT2D eigenvalue weighted by molar-refractivity contribution is 0.117. The first-order valence-electron chi connectivity index (χ1n) is 4.04. The second-order valence-electron chi connectivity index (χ2n) is 3.01. The average Bonchev–Trinajstić information content (AvgIpc) is 2.35. The number of hydrogen-bond donors (Lipinski definition) is 1. The summed E-state index contributed by atoms with van der Waals surface area (Å²) >= 11 is 0. The van der Waals surface area contributed by atoms with Crippen molar-refractivity contribution < 1.29 is 13.2 Å². The predicted molar refractivity (Wildman–Crippen MR) is 46.4 cm³/mol. The zero-order chi connectivity index (χ0) is 9.90. The van der Waals surface area contributed by atoms with E-state index in [1.165, 1.54) is 0 Å². The monoisotopic (exact) mass is 204 g/mol. The van der Waals surface area contributed by atoms with Gasteiger partial charge in [-0.2, -0.15) is 5.26 Å². The minimum atomic E-state index is -3.44. The Bertz CT molecular complexity index is 306. The lowest BCUT2D eigenvalue weighted by Crippen LogP contribution is -2.40. The Morgan fingerprint density at radius 1 is 1.69 bits per heavy atom. The maximum atomic E-state index is 11.1. The SMILES string of the molecule is CC1OCCC1NS(=O)(=O)CC#N. The van der Waals surface area contributed by atoms with E-state index < -0.39 is 15.8 Å². The van der Waals surface area contributed by atoms with E-state index in [1.807, 2.05) is 6.92 Å². The van der Waals surface area contributed by atoms with E-state index in [0.717, 1.165) is 0 Å². The minimum Gasteiger partial charge on any atom is -0.377 e. The van der Waals surface area contributed by atoms with Gasteiger partial charge < -0.3 is 4.74 Å². The van der Waals surface area contributed by atoms with Crippen LogP contribution in [0.25, 0.3) is 0 Å². The number of nitrogens with zero attached hydrogens (tertiary/aromatic N) is 1. The number of hydrogen-bond acceptors (Lipinski definition) is 4. The van der Waals surface area contributed by atoms with Gasteiger partial charge in [-0.15, -0.1) is 0 Å². The van der Waals surface area contributed by atoms with Crippen LogP contribution >= 0.6 is 0 Å². The molecule has 1 saturated heterocycles. The van der Waals surface area contributed by atoms with Crippen LogP contribution in [0.4, 0.5) is 0 Å². The molecule has 1 aliphatic heterocycles. The summed E-state index contributed by atoms with van der Waals surface area (Å²) in [6, 6.07) is 1.42. The largest absolute Gasteiger partial charge is 0.377 e. The van der Waals surface area contributed by atoms with Gasteiger partial charge in [0.25, 0.3) is 0 Å². The Morgan fingerprint density at radius 3 is 2.85 bits per heavy atom. The van der Waals surface area contributed by atoms with Crippen molar-refractivity contribution in [2.24, 2.45) is 0 Å². The van der Waals surface area contributed by atoms with E-state index >= 15 is 0 Å². The molecule has 74 valence electrons. The summed E-state index contributed by atoms with van der Waals surface area (Å²) in [7, 11) is -3.44. The molecule has 0 spiro atoms. The number of nitrogens with one attached hydrogen (secondary N) is 1. The summed E-state index contributed by atoms with van der Waals surface area (Å²) in [4.78, 5) is 0. The molecule has 0 saturated carbocycles. The topological polar surface area (TPSA) is 79.2 Å². The van der Waals surface area contributed by atoms with Crippen molar-refractivity contribution in [2.45, 2.75) is 25.5 Å². The molecule has 0 bridgehead atoms. The van der Waals surface area contributed by atoms with Crippen molar-refractivity contribution in [1.82, 2.24) is 4.72 Å². The lowest BCUT2D eigenvalue weighted by Gasteiger charge is -2.14. The fourth-order valence-electron chi connectivity index (χ4n) is 1.24. The van der Waals surface area contributed by atoms with Crippen molar-refractivity contribution in [2.75, 3.05) is 12.4 Å². The van der Waals surface area contributed by atoms with Crippen molar-refractivity contribution in [3.05, 3.63) is 0 Å². The second-order valence-corrected chi connectivity index (χ2v) is 4.76. The standard InChI is InChI=1S/C7H12N2O3S/c1-6-7(2-4-12-6)9-13(10,11)5-3-8/h6-7,9H,2,4-5H2,1H3. The van der Waals surface area contributed by atoms with Gasteiger partial charge in [-0.3, -0.25) is 0 Å². The van der Waals surface area contributed by atoms with Crippen LogP contribution in [-0.4, -0.2) is 32.9 Å². The van der Waals surface area contributed by atoms with E-state index in [0.29, 0.717) is 13.0 Å². The number of nitriles is 1. The van der Waals surface area contributed by atoms with Crippen molar-refractivity contribution >= 4 is 10.0 Å². The highest BCUT2D eigenvalue weighted by Crippen LogP contribution is 2.13. The highest BCUT2D eigenvalue weighted by molar-refractivity contribution is 7.89. The molecule has 0 aromatic carbocycles. The summed E-state index contributed by atoms with van der Waals surface area (Å²) in [5.74, 6) is -0.490. The van der Waals surface area contributed by atoms with E-state index in [2.05, 4.69) is 4.72 Å². The van der Waals surface area contributed by atoms with Crippen LogP contribution in [0.5, 0.6) is 0 Å². The Morgan fingerprint density at radius 2 is 2.38 bits per heavy atom. The normalized spacial score (nSPS) is 28.6. The first kappa shape index (κ1) is 10.4. The summed E-state index contributed by atoms with van der Waals surface area (Å²) in [6.45, 7) is 2.38. The third-order valence-electron chi connectivity index (χ3n) is 1.96. The summed E-state index contributed by atoms with van der Waals surface area (Å²) < 4.78 is 29.9. The molecule has 6 heteroatoms.